The van der Waals surface area contributed by atoms with Crippen molar-refractivity contribution in [3.8, 4) is 5.69 Å². The first-order valence-electron chi connectivity index (χ1n) is 9.21. The molecule has 0 spiro atoms. The van der Waals surface area contributed by atoms with E-state index in [1.807, 2.05) is 0 Å². The molecule has 0 amide bonds. The van der Waals surface area contributed by atoms with E-state index in [-0.39, 0.29) is 70.0 Å². The standard InChI is InChI=1S/C20H15F3N4O3.Na.H/c21-8-1-2-15(13(22)3-8)27-7-12(20(29)30)17(28)9-4-14(23)19(25-18(9)27)26-5-10-11(6-26)16(10)24;;/h1-4,7,10-11,16H,5-6,24H2,(H,29,30);;/t10-,11+,16?;;. The van der Waals surface area contributed by atoms with Gasteiger partial charge in [0.05, 0.1) is 11.1 Å². The Balaban J connectivity index is 0.00000231. The zero-order chi connectivity index (χ0) is 21.3. The van der Waals surface area contributed by atoms with E-state index >= 15 is 0 Å². The van der Waals surface area contributed by atoms with Crippen molar-refractivity contribution in [2.24, 2.45) is 17.6 Å². The van der Waals surface area contributed by atoms with Crippen molar-refractivity contribution < 1.29 is 23.1 Å². The van der Waals surface area contributed by atoms with Crippen molar-refractivity contribution in [3.05, 3.63) is 63.7 Å². The molecule has 3 N–H and O–H groups in total. The number of pyridine rings is 2. The van der Waals surface area contributed by atoms with Gasteiger partial charge in [-0.15, -0.1) is 0 Å². The fourth-order valence-corrected chi connectivity index (χ4v) is 4.19. The quantitative estimate of drug-likeness (QED) is 0.595. The van der Waals surface area contributed by atoms with Gasteiger partial charge in [0.15, 0.2) is 17.3 Å². The third-order valence-corrected chi connectivity index (χ3v) is 5.87. The summed E-state index contributed by atoms with van der Waals surface area (Å²) in [7, 11) is 0. The van der Waals surface area contributed by atoms with Crippen molar-refractivity contribution in [3.63, 3.8) is 0 Å². The summed E-state index contributed by atoms with van der Waals surface area (Å²) in [5, 5.41) is 9.05. The summed E-state index contributed by atoms with van der Waals surface area (Å²) in [6, 6.07) is 3.69. The van der Waals surface area contributed by atoms with Crippen LogP contribution in [0.2, 0.25) is 0 Å². The van der Waals surface area contributed by atoms with E-state index in [1.165, 1.54) is 0 Å². The molecular weight excluding hydrogens is 424 g/mol. The van der Waals surface area contributed by atoms with E-state index in [0.29, 0.717) is 19.2 Å². The molecule has 11 heteroatoms. The Morgan fingerprint density at radius 2 is 1.81 bits per heavy atom. The number of aromatic carboxylic acids is 1. The zero-order valence-electron chi connectivity index (χ0n) is 15.3. The second-order valence-corrected chi connectivity index (χ2v) is 7.62. The van der Waals surface area contributed by atoms with Crippen molar-refractivity contribution in [1.82, 2.24) is 9.55 Å². The van der Waals surface area contributed by atoms with Crippen LogP contribution in [0, 0.1) is 29.3 Å². The van der Waals surface area contributed by atoms with E-state index in [4.69, 9.17) is 5.73 Å². The maximum absolute atomic E-state index is 14.8. The van der Waals surface area contributed by atoms with E-state index in [9.17, 15) is 27.9 Å². The maximum atomic E-state index is 14.8. The molecule has 3 heterocycles. The number of carboxylic acids is 1. The number of hydrogen-bond donors (Lipinski definition) is 2. The number of carbonyl (C=O) groups is 1. The Kier molecular flexibility index (Phi) is 5.37. The molecule has 156 valence electrons. The molecule has 0 radical (unpaired) electrons. The number of rotatable bonds is 3. The number of hydrogen-bond acceptors (Lipinski definition) is 5. The van der Waals surface area contributed by atoms with E-state index in [2.05, 4.69) is 4.98 Å². The van der Waals surface area contributed by atoms with Gasteiger partial charge in [0.25, 0.3) is 0 Å². The molecule has 1 aliphatic heterocycles. The number of fused-ring (bicyclic) bond motifs is 2. The molecule has 2 aliphatic rings. The van der Waals surface area contributed by atoms with Crippen molar-refractivity contribution in [2.75, 3.05) is 18.0 Å². The second-order valence-electron chi connectivity index (χ2n) is 7.62. The van der Waals surface area contributed by atoms with Gasteiger partial charge in [-0.05, 0) is 30.0 Å². The van der Waals surface area contributed by atoms with E-state index in [1.54, 1.807) is 4.90 Å². The predicted molar refractivity (Wildman–Crippen MR) is 108 cm³/mol. The summed E-state index contributed by atoms with van der Waals surface area (Å²) in [4.78, 5) is 30.1. The van der Waals surface area contributed by atoms with Gasteiger partial charge in [-0.25, -0.2) is 22.9 Å². The van der Waals surface area contributed by atoms with Crippen LogP contribution in [0.5, 0.6) is 0 Å². The van der Waals surface area contributed by atoms with Gasteiger partial charge >= 0.3 is 35.5 Å². The SMILES string of the molecule is NC1[C@H]2CN(c3nc4c(cc3F)c(=O)c(C(=O)O)cn4-c3ccc(F)cc3F)C[C@@H]12.[NaH]. The summed E-state index contributed by atoms with van der Waals surface area (Å²) in [6.07, 6.45) is 0.912. The van der Waals surface area contributed by atoms with Gasteiger partial charge < -0.3 is 15.7 Å². The van der Waals surface area contributed by atoms with Crippen molar-refractivity contribution in [1.29, 1.82) is 0 Å². The topological polar surface area (TPSA) is 101 Å². The molecule has 1 aromatic carbocycles. The molecule has 1 aliphatic carbocycles. The van der Waals surface area contributed by atoms with E-state index < -0.39 is 34.4 Å². The molecular formula is C20H16F3N4NaO3. The molecule has 5 rings (SSSR count). The Morgan fingerprint density at radius 3 is 2.42 bits per heavy atom. The number of halogens is 3. The third-order valence-electron chi connectivity index (χ3n) is 5.87. The number of carboxylic acid groups (broad SMARTS) is 1. The van der Waals surface area contributed by atoms with Crippen LogP contribution < -0.4 is 16.1 Å². The van der Waals surface area contributed by atoms with Crippen LogP contribution in [0.25, 0.3) is 16.7 Å². The molecule has 31 heavy (non-hydrogen) atoms. The number of anilines is 1. The summed E-state index contributed by atoms with van der Waals surface area (Å²) < 4.78 is 43.7. The van der Waals surface area contributed by atoms with Gasteiger partial charge in [-0.3, -0.25) is 9.36 Å². The summed E-state index contributed by atoms with van der Waals surface area (Å²) in [5.41, 5.74) is 3.94. The van der Waals surface area contributed by atoms with Crippen LogP contribution in [0.3, 0.4) is 0 Å². The summed E-state index contributed by atoms with van der Waals surface area (Å²) in [5.74, 6) is -3.70. The molecule has 1 saturated heterocycles. The average Bonchev–Trinajstić information content (AvgIpc) is 3.10. The van der Waals surface area contributed by atoms with Crippen LogP contribution >= 0.6 is 0 Å². The first-order valence-corrected chi connectivity index (χ1v) is 9.21. The number of aromatic nitrogens is 2. The Bertz CT molecular complexity index is 1290. The van der Waals surface area contributed by atoms with Crippen LogP contribution in [0.1, 0.15) is 10.4 Å². The molecule has 3 atom stereocenters. The molecule has 1 unspecified atom stereocenters. The van der Waals surface area contributed by atoms with Crippen molar-refractivity contribution in [2.45, 2.75) is 6.04 Å². The molecule has 2 fully saturated rings. The Morgan fingerprint density at radius 1 is 1.13 bits per heavy atom. The third kappa shape index (κ3) is 3.43. The average molecular weight is 440 g/mol. The predicted octanol–water partition coefficient (Wildman–Crippen LogP) is 1.25. The van der Waals surface area contributed by atoms with Crippen LogP contribution in [-0.4, -0.2) is 69.3 Å². The molecule has 7 nitrogen and oxygen atoms in total. The molecule has 1 saturated carbocycles. The Hall–Kier alpha value is -2.40. The minimum absolute atomic E-state index is 0. The molecule has 0 bridgehead atoms. The van der Waals surface area contributed by atoms with Crippen LogP contribution in [0.15, 0.2) is 35.3 Å². The number of nitrogens with two attached hydrogens (primary N) is 1. The minimum atomic E-state index is -1.56. The fourth-order valence-electron chi connectivity index (χ4n) is 4.19. The normalized spacial score (nSPS) is 21.7. The summed E-state index contributed by atoms with van der Waals surface area (Å²) in [6.45, 7) is 1.01. The second kappa shape index (κ2) is 7.63. The molecule has 3 aromatic rings. The van der Waals surface area contributed by atoms with Gasteiger partial charge in [0.1, 0.15) is 17.2 Å². The van der Waals surface area contributed by atoms with Crippen LogP contribution in [-0.2, 0) is 0 Å². The molecule has 2 aromatic heterocycles. The first-order chi connectivity index (χ1) is 14.3. The van der Waals surface area contributed by atoms with Gasteiger partial charge in [0.2, 0.25) is 5.43 Å². The first kappa shape index (κ1) is 21.8. The monoisotopic (exact) mass is 440 g/mol. The van der Waals surface area contributed by atoms with E-state index in [0.717, 1.165) is 29.0 Å². The van der Waals surface area contributed by atoms with Crippen LogP contribution in [0.4, 0.5) is 19.0 Å². The number of nitrogens with zero attached hydrogens (tertiary/aromatic N) is 3. The number of piperidine rings is 1. The zero-order valence-corrected chi connectivity index (χ0v) is 15.3. The van der Waals surface area contributed by atoms with Crippen molar-refractivity contribution >= 4 is 52.4 Å². The number of benzene rings is 1. The Labute approximate surface area is 195 Å². The van der Waals surface area contributed by atoms with Gasteiger partial charge in [0, 0.05) is 31.4 Å². The fraction of sp³-hybridized carbons (Fsp3) is 0.250. The summed E-state index contributed by atoms with van der Waals surface area (Å²) >= 11 is 0. The van der Waals surface area contributed by atoms with Gasteiger partial charge in [-0.2, -0.15) is 0 Å². The van der Waals surface area contributed by atoms with Gasteiger partial charge in [-0.1, -0.05) is 0 Å².